The number of ether oxygens (including phenoxy) is 2. The van der Waals surface area contributed by atoms with Crippen LogP contribution >= 0.6 is 11.3 Å². The van der Waals surface area contributed by atoms with Crippen molar-refractivity contribution in [2.45, 2.75) is 25.9 Å². The summed E-state index contributed by atoms with van der Waals surface area (Å²) in [5.74, 6) is 0.922. The number of carbonyl (C=O) groups is 1. The maximum Gasteiger partial charge on any atom is 0.249 e. The molecule has 162 valence electrons. The van der Waals surface area contributed by atoms with Crippen LogP contribution in [0.25, 0.3) is 0 Å². The topological polar surface area (TPSA) is 50.8 Å². The van der Waals surface area contributed by atoms with E-state index < -0.39 is 0 Å². The Labute approximate surface area is 187 Å². The Morgan fingerprint density at radius 1 is 1.13 bits per heavy atom. The summed E-state index contributed by atoms with van der Waals surface area (Å²) >= 11 is 1.77. The number of nitrogens with zero attached hydrogens (tertiary/aromatic N) is 1. The van der Waals surface area contributed by atoms with Crippen LogP contribution in [0.3, 0.4) is 0 Å². The van der Waals surface area contributed by atoms with Crippen molar-refractivity contribution in [2.24, 2.45) is 0 Å². The molecule has 0 radical (unpaired) electrons. The van der Waals surface area contributed by atoms with Crippen LogP contribution in [0.4, 0.5) is 5.69 Å². The van der Waals surface area contributed by atoms with E-state index in [1.54, 1.807) is 18.4 Å². The van der Waals surface area contributed by atoms with Crippen LogP contribution in [-0.2, 0) is 22.5 Å². The second-order valence-corrected chi connectivity index (χ2v) is 8.52. The Morgan fingerprint density at radius 2 is 1.90 bits per heavy atom. The molecule has 0 saturated heterocycles. The van der Waals surface area contributed by atoms with E-state index in [0.29, 0.717) is 6.61 Å². The molecular formula is C25H28N2O3S. The van der Waals surface area contributed by atoms with Crippen molar-refractivity contribution < 1.29 is 14.3 Å². The summed E-state index contributed by atoms with van der Waals surface area (Å²) in [5.41, 5.74) is 4.60. The maximum absolute atomic E-state index is 12.7. The number of hydrogen-bond acceptors (Lipinski definition) is 5. The molecular weight excluding hydrogens is 408 g/mol. The maximum atomic E-state index is 12.7. The van der Waals surface area contributed by atoms with Crippen LogP contribution in [-0.4, -0.2) is 37.7 Å². The minimum absolute atomic E-state index is 0.0297. The van der Waals surface area contributed by atoms with Crippen molar-refractivity contribution in [1.29, 1.82) is 0 Å². The molecule has 4 rings (SSSR count). The van der Waals surface area contributed by atoms with Gasteiger partial charge in [0.2, 0.25) is 5.91 Å². The Hall–Kier alpha value is -2.83. The van der Waals surface area contributed by atoms with Gasteiger partial charge in [0.25, 0.3) is 0 Å². The zero-order chi connectivity index (χ0) is 21.6. The van der Waals surface area contributed by atoms with E-state index in [1.807, 2.05) is 24.0 Å². The first-order valence-electron chi connectivity index (χ1n) is 10.6. The molecule has 1 amide bonds. The molecule has 5 nitrogen and oxygen atoms in total. The molecule has 0 aliphatic carbocycles. The van der Waals surface area contributed by atoms with Gasteiger partial charge in [0.15, 0.2) is 0 Å². The van der Waals surface area contributed by atoms with Gasteiger partial charge < -0.3 is 19.7 Å². The number of thiophene rings is 1. The normalized spacial score (nSPS) is 15.4. The van der Waals surface area contributed by atoms with Crippen molar-refractivity contribution in [3.63, 3.8) is 0 Å². The highest BCUT2D eigenvalue weighted by atomic mass is 32.1. The van der Waals surface area contributed by atoms with Crippen molar-refractivity contribution >= 4 is 22.9 Å². The third-order valence-electron chi connectivity index (χ3n) is 5.51. The second-order valence-electron chi connectivity index (χ2n) is 7.52. The molecule has 0 fully saturated rings. The summed E-state index contributed by atoms with van der Waals surface area (Å²) < 4.78 is 10.6. The van der Waals surface area contributed by atoms with Crippen LogP contribution in [0.15, 0.2) is 60.0 Å². The quantitative estimate of drug-likeness (QED) is 0.547. The predicted molar refractivity (Wildman–Crippen MR) is 125 cm³/mol. The predicted octanol–water partition coefficient (Wildman–Crippen LogP) is 4.88. The first-order valence-corrected chi connectivity index (χ1v) is 11.5. The van der Waals surface area contributed by atoms with E-state index in [2.05, 4.69) is 53.2 Å². The minimum Gasteiger partial charge on any atom is -0.494 e. The molecule has 3 aromatic rings. The molecule has 1 unspecified atom stereocenters. The fourth-order valence-corrected chi connectivity index (χ4v) is 4.91. The van der Waals surface area contributed by atoms with E-state index in [4.69, 9.17) is 9.47 Å². The molecule has 0 spiro atoms. The van der Waals surface area contributed by atoms with Gasteiger partial charge in [-0.2, -0.15) is 0 Å². The molecule has 0 bridgehead atoms. The molecule has 2 aromatic carbocycles. The minimum atomic E-state index is -0.0576. The van der Waals surface area contributed by atoms with Gasteiger partial charge in [0.05, 0.1) is 12.6 Å². The Bertz CT molecular complexity index is 998. The highest BCUT2D eigenvalue weighted by Crippen LogP contribution is 2.38. The molecule has 6 heteroatoms. The number of benzene rings is 2. The lowest BCUT2D eigenvalue weighted by Crippen LogP contribution is -2.41. The van der Waals surface area contributed by atoms with Crippen molar-refractivity contribution in [3.8, 4) is 5.75 Å². The molecule has 1 N–H and O–H groups in total. The fraction of sp³-hybridized carbons (Fsp3) is 0.320. The van der Waals surface area contributed by atoms with Crippen LogP contribution in [0.1, 0.15) is 34.5 Å². The van der Waals surface area contributed by atoms with Gasteiger partial charge in [0.1, 0.15) is 12.4 Å². The zero-order valence-electron chi connectivity index (χ0n) is 18.0. The lowest BCUT2D eigenvalue weighted by Gasteiger charge is -2.36. The first kappa shape index (κ1) is 21.4. The number of hydrogen-bond donors (Lipinski definition) is 1. The smallest absolute Gasteiger partial charge is 0.249 e. The van der Waals surface area contributed by atoms with Crippen molar-refractivity contribution in [2.75, 3.05) is 32.2 Å². The SMILES string of the molecule is CCOc1ccc(CNc2ccc(C3c4ccsc4CCN3C(=O)COC)cc2)cc1. The van der Waals surface area contributed by atoms with E-state index in [1.165, 1.54) is 16.0 Å². The van der Waals surface area contributed by atoms with Gasteiger partial charge in [-0.25, -0.2) is 0 Å². The molecule has 2 heterocycles. The van der Waals surface area contributed by atoms with Crippen molar-refractivity contribution in [1.82, 2.24) is 4.90 Å². The van der Waals surface area contributed by atoms with E-state index in [9.17, 15) is 4.79 Å². The monoisotopic (exact) mass is 436 g/mol. The van der Waals surface area contributed by atoms with Crippen LogP contribution in [0.2, 0.25) is 0 Å². The van der Waals surface area contributed by atoms with Gasteiger partial charge in [-0.05, 0) is 65.7 Å². The Morgan fingerprint density at radius 3 is 2.61 bits per heavy atom. The number of methoxy groups -OCH3 is 1. The lowest BCUT2D eigenvalue weighted by molar-refractivity contribution is -0.137. The van der Waals surface area contributed by atoms with Crippen LogP contribution < -0.4 is 10.1 Å². The van der Waals surface area contributed by atoms with E-state index in [-0.39, 0.29) is 18.6 Å². The molecule has 0 saturated carbocycles. The summed E-state index contributed by atoms with van der Waals surface area (Å²) in [5, 5.41) is 5.59. The van der Waals surface area contributed by atoms with E-state index in [0.717, 1.165) is 36.5 Å². The number of carbonyl (C=O) groups excluding carboxylic acids is 1. The summed E-state index contributed by atoms with van der Waals surface area (Å²) in [7, 11) is 1.57. The van der Waals surface area contributed by atoms with Gasteiger partial charge in [-0.15, -0.1) is 11.3 Å². The van der Waals surface area contributed by atoms with Gasteiger partial charge in [-0.1, -0.05) is 24.3 Å². The van der Waals surface area contributed by atoms with Crippen LogP contribution in [0, 0.1) is 0 Å². The fourth-order valence-electron chi connectivity index (χ4n) is 4.01. The summed E-state index contributed by atoms with van der Waals surface area (Å²) in [6.07, 6.45) is 0.903. The van der Waals surface area contributed by atoms with Gasteiger partial charge in [0, 0.05) is 30.8 Å². The molecule has 1 aromatic heterocycles. The second kappa shape index (κ2) is 9.98. The zero-order valence-corrected chi connectivity index (χ0v) is 18.8. The number of rotatable bonds is 8. The Kier molecular flexibility index (Phi) is 6.89. The average molecular weight is 437 g/mol. The van der Waals surface area contributed by atoms with Gasteiger partial charge in [-0.3, -0.25) is 4.79 Å². The molecule has 31 heavy (non-hydrogen) atoms. The average Bonchev–Trinajstić information content (AvgIpc) is 3.28. The standard InChI is InChI=1S/C25H28N2O3S/c1-3-30-21-10-4-18(5-11-21)16-26-20-8-6-19(7-9-20)25-22-13-15-31-23(22)12-14-27(25)24(28)17-29-2/h4-11,13,15,25-26H,3,12,14,16-17H2,1-2H3. The summed E-state index contributed by atoms with van der Waals surface area (Å²) in [6, 6.07) is 18.6. The number of nitrogens with one attached hydrogen (secondary N) is 1. The lowest BCUT2D eigenvalue weighted by atomic mass is 9.93. The Balaban J connectivity index is 1.47. The number of anilines is 1. The highest BCUT2D eigenvalue weighted by Gasteiger charge is 2.32. The summed E-state index contributed by atoms with van der Waals surface area (Å²) in [6.45, 7) is 4.22. The third kappa shape index (κ3) is 4.92. The van der Waals surface area contributed by atoms with Gasteiger partial charge >= 0.3 is 0 Å². The molecule has 1 atom stereocenters. The first-order chi connectivity index (χ1) is 15.2. The van der Waals surface area contributed by atoms with Crippen LogP contribution in [0.5, 0.6) is 5.75 Å². The van der Waals surface area contributed by atoms with Crippen molar-refractivity contribution in [3.05, 3.63) is 81.5 Å². The van der Waals surface area contributed by atoms with E-state index >= 15 is 0 Å². The summed E-state index contributed by atoms with van der Waals surface area (Å²) in [4.78, 5) is 16.0. The highest BCUT2D eigenvalue weighted by molar-refractivity contribution is 7.10. The largest absolute Gasteiger partial charge is 0.494 e. The number of fused-ring (bicyclic) bond motifs is 1. The third-order valence-corrected chi connectivity index (χ3v) is 6.51. The molecule has 1 aliphatic rings. The number of amides is 1. The molecule has 1 aliphatic heterocycles.